The minimum Gasteiger partial charge on any atom is -0.354 e. The number of amides is 2. The maximum absolute atomic E-state index is 13.3. The number of anilines is 1. The molecule has 10 heteroatoms. The second-order valence-corrected chi connectivity index (χ2v) is 8.21. The van der Waals surface area contributed by atoms with E-state index in [9.17, 15) is 14.0 Å². The topological polar surface area (TPSA) is 92.1 Å². The van der Waals surface area contributed by atoms with Crippen molar-refractivity contribution in [1.29, 1.82) is 0 Å². The van der Waals surface area contributed by atoms with Crippen molar-refractivity contribution in [1.82, 2.24) is 24.8 Å². The Bertz CT molecular complexity index is 988. The molecule has 0 radical (unpaired) electrons. The Hall–Kier alpha value is -3.27. The van der Waals surface area contributed by atoms with E-state index in [1.807, 2.05) is 10.8 Å². The molecule has 8 nitrogen and oxygen atoms in total. The van der Waals surface area contributed by atoms with Gasteiger partial charge in [-0.25, -0.2) is 14.4 Å². The summed E-state index contributed by atoms with van der Waals surface area (Å²) in [6, 6.07) is 5.59. The van der Waals surface area contributed by atoms with E-state index in [1.54, 1.807) is 38.8 Å². The molecule has 2 amide bonds. The van der Waals surface area contributed by atoms with Crippen LogP contribution < -0.4 is 10.6 Å². The lowest BCUT2D eigenvalue weighted by atomic mass is 10.0. The molecule has 2 heterocycles. The van der Waals surface area contributed by atoms with E-state index in [1.165, 1.54) is 34.6 Å². The number of benzene rings is 1. The van der Waals surface area contributed by atoms with Gasteiger partial charge in [-0.3, -0.25) is 9.59 Å². The summed E-state index contributed by atoms with van der Waals surface area (Å²) < 4.78 is 15.3. The summed E-state index contributed by atoms with van der Waals surface area (Å²) in [5.74, 6) is -0.615. The lowest BCUT2D eigenvalue weighted by Crippen LogP contribution is -2.26. The number of carbonyl (C=O) groups is 2. The lowest BCUT2D eigenvalue weighted by Gasteiger charge is -2.20. The van der Waals surface area contributed by atoms with Crippen molar-refractivity contribution in [3.8, 4) is 0 Å². The summed E-state index contributed by atoms with van der Waals surface area (Å²) in [5.41, 5.74) is 0.761. The number of imidazole rings is 1. The van der Waals surface area contributed by atoms with Gasteiger partial charge in [0.2, 0.25) is 5.91 Å². The predicted molar refractivity (Wildman–Crippen MR) is 117 cm³/mol. The molecule has 0 saturated heterocycles. The number of hydrogen-bond acceptors (Lipinski definition) is 6. The highest BCUT2D eigenvalue weighted by atomic mass is 32.1. The Morgan fingerprint density at radius 1 is 1.26 bits per heavy atom. The SMILES string of the molecule is CN(C)C(=O)CC(Nc1ncc(C(=O)NCCCn2ccnc2)s1)c1ccc(F)cc1. The van der Waals surface area contributed by atoms with Gasteiger partial charge in [0.15, 0.2) is 5.13 Å². The van der Waals surface area contributed by atoms with Gasteiger partial charge < -0.3 is 20.1 Å². The molecule has 1 aromatic carbocycles. The summed E-state index contributed by atoms with van der Waals surface area (Å²) in [7, 11) is 3.37. The average molecular weight is 445 g/mol. The molecule has 31 heavy (non-hydrogen) atoms. The van der Waals surface area contributed by atoms with E-state index >= 15 is 0 Å². The first-order chi connectivity index (χ1) is 14.9. The van der Waals surface area contributed by atoms with Crippen molar-refractivity contribution >= 4 is 28.3 Å². The summed E-state index contributed by atoms with van der Waals surface area (Å²) in [5, 5.41) is 6.61. The highest BCUT2D eigenvalue weighted by molar-refractivity contribution is 7.17. The van der Waals surface area contributed by atoms with Gasteiger partial charge in [-0.15, -0.1) is 0 Å². The fourth-order valence-corrected chi connectivity index (χ4v) is 3.65. The van der Waals surface area contributed by atoms with Gasteiger partial charge in [-0.05, 0) is 24.1 Å². The van der Waals surface area contributed by atoms with Gasteiger partial charge in [0, 0.05) is 39.6 Å². The second-order valence-electron chi connectivity index (χ2n) is 7.18. The van der Waals surface area contributed by atoms with Crippen LogP contribution in [0.5, 0.6) is 0 Å². The fourth-order valence-electron chi connectivity index (χ4n) is 2.87. The molecule has 0 spiro atoms. The smallest absolute Gasteiger partial charge is 0.263 e. The number of nitrogens with one attached hydrogen (secondary N) is 2. The molecule has 1 unspecified atom stereocenters. The molecule has 1 atom stereocenters. The predicted octanol–water partition coefficient (Wildman–Crippen LogP) is 2.93. The number of rotatable bonds is 10. The van der Waals surface area contributed by atoms with Gasteiger partial charge >= 0.3 is 0 Å². The van der Waals surface area contributed by atoms with Crippen LogP contribution in [0.15, 0.2) is 49.2 Å². The number of carbonyl (C=O) groups excluding carboxylic acids is 2. The van der Waals surface area contributed by atoms with E-state index in [4.69, 9.17) is 0 Å². The van der Waals surface area contributed by atoms with E-state index in [2.05, 4.69) is 20.6 Å². The van der Waals surface area contributed by atoms with Crippen LogP contribution >= 0.6 is 11.3 Å². The summed E-state index contributed by atoms with van der Waals surface area (Å²) in [6.07, 6.45) is 7.80. The third-order valence-electron chi connectivity index (χ3n) is 4.61. The monoisotopic (exact) mass is 444 g/mol. The zero-order chi connectivity index (χ0) is 22.2. The van der Waals surface area contributed by atoms with Crippen molar-refractivity contribution in [2.45, 2.75) is 25.4 Å². The van der Waals surface area contributed by atoms with Crippen LogP contribution in [0.2, 0.25) is 0 Å². The van der Waals surface area contributed by atoms with E-state index < -0.39 is 6.04 Å². The maximum atomic E-state index is 13.3. The lowest BCUT2D eigenvalue weighted by molar-refractivity contribution is -0.128. The summed E-state index contributed by atoms with van der Waals surface area (Å²) in [4.78, 5) is 34.9. The molecular formula is C21H25FN6O2S. The van der Waals surface area contributed by atoms with Crippen LogP contribution in [-0.4, -0.2) is 51.9 Å². The first kappa shape index (κ1) is 22.4. The third-order valence-corrected chi connectivity index (χ3v) is 5.54. The van der Waals surface area contributed by atoms with Crippen LogP contribution in [0.3, 0.4) is 0 Å². The summed E-state index contributed by atoms with van der Waals surface area (Å²) >= 11 is 1.21. The van der Waals surface area contributed by atoms with Crippen LogP contribution in [0, 0.1) is 5.82 Å². The zero-order valence-electron chi connectivity index (χ0n) is 17.4. The Labute approximate surface area is 184 Å². The molecule has 0 aliphatic heterocycles. The number of hydrogen-bond donors (Lipinski definition) is 2. The molecule has 164 valence electrons. The van der Waals surface area contributed by atoms with Gasteiger partial charge in [0.25, 0.3) is 5.91 Å². The van der Waals surface area contributed by atoms with Crippen LogP contribution in [0.25, 0.3) is 0 Å². The van der Waals surface area contributed by atoms with Gasteiger partial charge in [-0.2, -0.15) is 0 Å². The minimum absolute atomic E-state index is 0.0748. The second kappa shape index (κ2) is 10.7. The van der Waals surface area contributed by atoms with Crippen molar-refractivity contribution in [2.24, 2.45) is 0 Å². The van der Waals surface area contributed by atoms with Crippen molar-refractivity contribution < 1.29 is 14.0 Å². The first-order valence-electron chi connectivity index (χ1n) is 9.84. The minimum atomic E-state index is -0.396. The highest BCUT2D eigenvalue weighted by Gasteiger charge is 2.20. The number of aryl methyl sites for hydroxylation is 1. The van der Waals surface area contributed by atoms with Gasteiger partial charge in [-0.1, -0.05) is 23.5 Å². The molecule has 2 N–H and O–H groups in total. The molecule has 0 aliphatic carbocycles. The van der Waals surface area contributed by atoms with Gasteiger partial charge in [0.05, 0.1) is 25.0 Å². The van der Waals surface area contributed by atoms with Crippen molar-refractivity contribution in [3.05, 3.63) is 65.4 Å². The number of aromatic nitrogens is 3. The Balaban J connectivity index is 1.59. The average Bonchev–Trinajstić information content (AvgIpc) is 3.43. The van der Waals surface area contributed by atoms with E-state index in [0.29, 0.717) is 16.6 Å². The van der Waals surface area contributed by atoms with E-state index in [-0.39, 0.29) is 24.1 Å². The van der Waals surface area contributed by atoms with Crippen molar-refractivity contribution in [2.75, 3.05) is 26.0 Å². The van der Waals surface area contributed by atoms with Crippen molar-refractivity contribution in [3.63, 3.8) is 0 Å². The molecule has 0 bridgehead atoms. The van der Waals surface area contributed by atoms with Crippen LogP contribution in [-0.2, 0) is 11.3 Å². The van der Waals surface area contributed by atoms with E-state index in [0.717, 1.165) is 18.5 Å². The Morgan fingerprint density at radius 3 is 2.71 bits per heavy atom. The molecule has 3 aromatic rings. The molecule has 0 saturated carbocycles. The standard InChI is InChI=1S/C21H25FN6O2S/c1-27(2)19(29)12-17(15-4-6-16(22)7-5-15)26-21-25-13-18(31-21)20(30)24-8-3-10-28-11-9-23-14-28/h4-7,9,11,13-14,17H,3,8,10,12H2,1-2H3,(H,24,30)(H,25,26). The maximum Gasteiger partial charge on any atom is 0.263 e. The number of thiazole rings is 1. The fraction of sp³-hybridized carbons (Fsp3) is 0.333. The number of halogens is 1. The Morgan fingerprint density at radius 2 is 2.03 bits per heavy atom. The molecular weight excluding hydrogens is 419 g/mol. The third kappa shape index (κ3) is 6.61. The first-order valence-corrected chi connectivity index (χ1v) is 10.7. The van der Waals surface area contributed by atoms with Gasteiger partial charge in [0.1, 0.15) is 10.7 Å². The molecule has 3 rings (SSSR count). The molecule has 0 aliphatic rings. The quantitative estimate of drug-likeness (QED) is 0.469. The normalized spacial score (nSPS) is 11.7. The molecule has 2 aromatic heterocycles. The Kier molecular flexibility index (Phi) is 7.71. The van der Waals surface area contributed by atoms with Crippen LogP contribution in [0.4, 0.5) is 9.52 Å². The largest absolute Gasteiger partial charge is 0.354 e. The molecule has 0 fully saturated rings. The highest BCUT2D eigenvalue weighted by Crippen LogP contribution is 2.27. The zero-order valence-corrected chi connectivity index (χ0v) is 18.2. The van der Waals surface area contributed by atoms with Crippen LogP contribution in [0.1, 0.15) is 34.1 Å². The number of nitrogens with zero attached hydrogens (tertiary/aromatic N) is 4. The summed E-state index contributed by atoms with van der Waals surface area (Å²) in [6.45, 7) is 1.31.